The van der Waals surface area contributed by atoms with Crippen LogP contribution in [-0.4, -0.2) is 42.5 Å². The lowest BCUT2D eigenvalue weighted by atomic mass is 10.1. The molecule has 0 saturated heterocycles. The largest absolute Gasteiger partial charge is 0.334 e. The summed E-state index contributed by atoms with van der Waals surface area (Å²) < 4.78 is 26.2. The van der Waals surface area contributed by atoms with Gasteiger partial charge in [-0.15, -0.1) is 6.42 Å². The lowest BCUT2D eigenvalue weighted by Crippen LogP contribution is -2.35. The van der Waals surface area contributed by atoms with Crippen molar-refractivity contribution in [2.75, 3.05) is 13.1 Å². The number of aromatic amines is 1. The minimum Gasteiger partial charge on any atom is -0.334 e. The van der Waals surface area contributed by atoms with E-state index in [0.29, 0.717) is 18.7 Å². The van der Waals surface area contributed by atoms with Gasteiger partial charge >= 0.3 is 0 Å². The molecule has 1 aliphatic rings. The van der Waals surface area contributed by atoms with Crippen molar-refractivity contribution < 1.29 is 13.2 Å². The first-order chi connectivity index (χ1) is 11.5. The highest BCUT2D eigenvalue weighted by Crippen LogP contribution is 2.19. The van der Waals surface area contributed by atoms with Gasteiger partial charge in [-0.3, -0.25) is 9.89 Å². The zero-order valence-electron chi connectivity index (χ0n) is 12.8. The molecular weight excluding hydrogens is 328 g/mol. The molecule has 2 aromatic rings. The molecule has 0 fully saturated rings. The Labute approximate surface area is 140 Å². The highest BCUT2D eigenvalue weighted by Gasteiger charge is 2.23. The normalized spacial score (nSPS) is 14.0. The number of H-pyrrole nitrogens is 1. The number of nitrogens with zero attached hydrogens (tertiary/aromatic N) is 2. The van der Waals surface area contributed by atoms with E-state index in [2.05, 4.69) is 20.8 Å². The number of sulfonamides is 1. The zero-order valence-corrected chi connectivity index (χ0v) is 13.6. The molecule has 3 rings (SSSR count). The topological polar surface area (TPSA) is 95.2 Å². The van der Waals surface area contributed by atoms with Crippen molar-refractivity contribution in [2.24, 2.45) is 0 Å². The quantitative estimate of drug-likeness (QED) is 0.791. The number of rotatable bonds is 4. The molecule has 0 spiro atoms. The number of fused-ring (bicyclic) bond motifs is 1. The van der Waals surface area contributed by atoms with Crippen LogP contribution in [0.5, 0.6) is 0 Å². The Morgan fingerprint density at radius 3 is 2.83 bits per heavy atom. The van der Waals surface area contributed by atoms with Crippen LogP contribution in [0.15, 0.2) is 35.4 Å². The summed E-state index contributed by atoms with van der Waals surface area (Å²) in [5.74, 6) is 2.08. The summed E-state index contributed by atoms with van der Waals surface area (Å²) in [7, 11) is -3.65. The summed E-state index contributed by atoms with van der Waals surface area (Å²) in [6, 6.07) is 5.83. The fraction of sp³-hybridized carbons (Fsp3) is 0.250. The summed E-state index contributed by atoms with van der Waals surface area (Å²) in [4.78, 5) is 14.4. The molecule has 1 aromatic carbocycles. The van der Waals surface area contributed by atoms with Crippen LogP contribution < -0.4 is 4.72 Å². The van der Waals surface area contributed by atoms with Crippen molar-refractivity contribution in [1.29, 1.82) is 0 Å². The Balaban J connectivity index is 1.74. The summed E-state index contributed by atoms with van der Waals surface area (Å²) in [6.45, 7) is 1.01. The van der Waals surface area contributed by atoms with Crippen LogP contribution in [0.2, 0.25) is 0 Å². The van der Waals surface area contributed by atoms with E-state index in [1.165, 1.54) is 24.3 Å². The van der Waals surface area contributed by atoms with E-state index < -0.39 is 10.0 Å². The van der Waals surface area contributed by atoms with Gasteiger partial charge < -0.3 is 4.90 Å². The summed E-state index contributed by atoms with van der Waals surface area (Å²) in [5, 5.41) is 6.90. The first-order valence-corrected chi connectivity index (χ1v) is 8.83. The third-order valence-corrected chi connectivity index (χ3v) is 5.28. The van der Waals surface area contributed by atoms with Crippen LogP contribution in [-0.2, 0) is 23.0 Å². The standard InChI is InChI=1S/C16H16N4O3S/c1-2-8-18-24(22,23)14-5-3-12(4-6-14)16(21)20-9-7-15-13(11-20)10-17-19-15/h1,3-6,10,18H,7-9,11H2,(H,17,19). The van der Waals surface area contributed by atoms with Crippen molar-refractivity contribution in [3.8, 4) is 12.3 Å². The minimum absolute atomic E-state index is 0.0741. The number of benzene rings is 1. The predicted octanol–water partition coefficient (Wildman–Crippen LogP) is 0.520. The molecule has 2 heterocycles. The number of terminal acetylenes is 1. The first-order valence-electron chi connectivity index (χ1n) is 7.35. The van der Waals surface area contributed by atoms with Crippen molar-refractivity contribution in [3.63, 3.8) is 0 Å². The smallest absolute Gasteiger partial charge is 0.254 e. The number of amides is 1. The van der Waals surface area contributed by atoms with Gasteiger partial charge in [0.05, 0.1) is 17.6 Å². The molecule has 0 saturated carbocycles. The third kappa shape index (κ3) is 3.18. The summed E-state index contributed by atoms with van der Waals surface area (Å²) >= 11 is 0. The maximum atomic E-state index is 12.6. The highest BCUT2D eigenvalue weighted by molar-refractivity contribution is 7.89. The Morgan fingerprint density at radius 1 is 1.38 bits per heavy atom. The van der Waals surface area contributed by atoms with Gasteiger partial charge in [0.2, 0.25) is 10.0 Å². The zero-order chi connectivity index (χ0) is 17.2. The number of hydrogen-bond acceptors (Lipinski definition) is 4. The Bertz CT molecular complexity index is 894. The monoisotopic (exact) mass is 344 g/mol. The minimum atomic E-state index is -3.65. The third-order valence-electron chi connectivity index (χ3n) is 3.86. The molecule has 8 heteroatoms. The van der Waals surface area contributed by atoms with E-state index in [0.717, 1.165) is 17.7 Å². The molecule has 2 N–H and O–H groups in total. The molecule has 0 radical (unpaired) electrons. The fourth-order valence-corrected chi connectivity index (χ4v) is 3.51. The van der Waals surface area contributed by atoms with Gasteiger partial charge in [-0.25, -0.2) is 8.42 Å². The van der Waals surface area contributed by atoms with Crippen molar-refractivity contribution in [3.05, 3.63) is 47.3 Å². The average Bonchev–Trinajstić information content (AvgIpc) is 3.07. The molecule has 0 aliphatic carbocycles. The molecule has 124 valence electrons. The first kappa shape index (κ1) is 16.2. The Hall–Kier alpha value is -2.63. The number of carbonyl (C=O) groups is 1. The van der Waals surface area contributed by atoms with Gasteiger partial charge in [0, 0.05) is 36.3 Å². The van der Waals surface area contributed by atoms with E-state index in [-0.39, 0.29) is 17.3 Å². The summed E-state index contributed by atoms with van der Waals surface area (Å²) in [5.41, 5.74) is 2.50. The lowest BCUT2D eigenvalue weighted by Gasteiger charge is -2.26. The van der Waals surface area contributed by atoms with Crippen LogP contribution in [0.25, 0.3) is 0 Å². The molecule has 24 heavy (non-hydrogen) atoms. The molecular formula is C16H16N4O3S. The van der Waals surface area contributed by atoms with Gasteiger partial charge in [-0.2, -0.15) is 9.82 Å². The van der Waals surface area contributed by atoms with Gasteiger partial charge in [-0.05, 0) is 24.3 Å². The van der Waals surface area contributed by atoms with Gasteiger partial charge in [0.25, 0.3) is 5.91 Å². The number of nitrogens with one attached hydrogen (secondary N) is 2. The van der Waals surface area contributed by atoms with Crippen LogP contribution in [0, 0.1) is 12.3 Å². The molecule has 1 aromatic heterocycles. The van der Waals surface area contributed by atoms with Crippen molar-refractivity contribution >= 4 is 15.9 Å². The molecule has 7 nitrogen and oxygen atoms in total. The molecule has 1 aliphatic heterocycles. The van der Waals surface area contributed by atoms with Crippen LogP contribution >= 0.6 is 0 Å². The average molecular weight is 344 g/mol. The van der Waals surface area contributed by atoms with Gasteiger partial charge in [0.1, 0.15) is 0 Å². The van der Waals surface area contributed by atoms with Gasteiger partial charge in [-0.1, -0.05) is 5.92 Å². The lowest BCUT2D eigenvalue weighted by molar-refractivity contribution is 0.0734. The number of hydrogen-bond donors (Lipinski definition) is 2. The highest BCUT2D eigenvalue weighted by atomic mass is 32.2. The Kier molecular flexibility index (Phi) is 4.38. The maximum absolute atomic E-state index is 12.6. The Morgan fingerprint density at radius 2 is 2.12 bits per heavy atom. The van der Waals surface area contributed by atoms with Crippen LogP contribution in [0.1, 0.15) is 21.6 Å². The van der Waals surface area contributed by atoms with E-state index >= 15 is 0 Å². The SMILES string of the molecule is C#CCNS(=O)(=O)c1ccc(C(=O)N2CCc3[nH]ncc3C2)cc1. The second-order valence-corrected chi connectivity index (χ2v) is 7.17. The maximum Gasteiger partial charge on any atom is 0.254 e. The number of aromatic nitrogens is 2. The second-order valence-electron chi connectivity index (χ2n) is 5.40. The second kappa shape index (κ2) is 6.47. The molecule has 1 amide bonds. The van der Waals surface area contributed by atoms with Crippen LogP contribution in [0.3, 0.4) is 0 Å². The summed E-state index contributed by atoms with van der Waals surface area (Å²) in [6.07, 6.45) is 7.50. The van der Waals surface area contributed by atoms with Crippen molar-refractivity contribution in [2.45, 2.75) is 17.9 Å². The van der Waals surface area contributed by atoms with E-state index in [9.17, 15) is 13.2 Å². The molecule has 0 atom stereocenters. The predicted molar refractivity (Wildman–Crippen MR) is 87.5 cm³/mol. The van der Waals surface area contributed by atoms with E-state index in [4.69, 9.17) is 6.42 Å². The molecule has 0 unspecified atom stereocenters. The molecule has 0 bridgehead atoms. The number of carbonyl (C=O) groups excluding carboxylic acids is 1. The fourth-order valence-electron chi connectivity index (χ4n) is 2.57. The van der Waals surface area contributed by atoms with Gasteiger partial charge in [0.15, 0.2) is 0 Å². The van der Waals surface area contributed by atoms with Crippen LogP contribution in [0.4, 0.5) is 0 Å². The van der Waals surface area contributed by atoms with Crippen molar-refractivity contribution in [1.82, 2.24) is 19.8 Å². The van der Waals surface area contributed by atoms with E-state index in [1.807, 2.05) is 0 Å². The van der Waals surface area contributed by atoms with E-state index in [1.54, 1.807) is 11.1 Å².